The molecule has 108 valence electrons. The first-order chi connectivity index (χ1) is 9.16. The summed E-state index contributed by atoms with van der Waals surface area (Å²) in [4.78, 5) is 36.5. The lowest BCUT2D eigenvalue weighted by molar-refractivity contribution is 0.367. The van der Waals surface area contributed by atoms with Crippen molar-refractivity contribution in [2.75, 3.05) is 0 Å². The molecule has 0 aromatic heterocycles. The maximum Gasteiger partial charge on any atom is 0.329 e. The van der Waals surface area contributed by atoms with Gasteiger partial charge in [-0.3, -0.25) is 9.13 Å². The van der Waals surface area contributed by atoms with Crippen LogP contribution in [0.4, 0.5) is 0 Å². The molecule has 0 heterocycles. The molecular weight excluding hydrogens is 302 g/mol. The molecule has 0 aliphatic carbocycles. The Balaban J connectivity index is 2.65. The Labute approximate surface area is 115 Å². The Hall–Kier alpha value is -1.00. The van der Waals surface area contributed by atoms with E-state index in [1.165, 1.54) is 6.07 Å². The number of hydrogen-bond donors (Lipinski definition) is 4. The van der Waals surface area contributed by atoms with Gasteiger partial charge in [0.05, 0.1) is 12.3 Å². The van der Waals surface area contributed by atoms with Crippen LogP contribution in [-0.2, 0) is 21.5 Å². The Morgan fingerprint density at radius 3 is 2.00 bits per heavy atom. The van der Waals surface area contributed by atoms with Gasteiger partial charge in [-0.15, -0.1) is 0 Å². The van der Waals surface area contributed by atoms with Crippen molar-refractivity contribution in [2.45, 2.75) is 12.3 Å². The molecule has 0 radical (unpaired) electrons. The third-order valence-electron chi connectivity index (χ3n) is 2.88. The summed E-state index contributed by atoms with van der Waals surface area (Å²) >= 11 is 0. The molecule has 20 heavy (non-hydrogen) atoms. The van der Waals surface area contributed by atoms with Gasteiger partial charge in [0.1, 0.15) is 0 Å². The molecular formula is C12H14O6P2. The van der Waals surface area contributed by atoms with Crippen molar-refractivity contribution in [2.24, 2.45) is 0 Å². The fourth-order valence-electron chi connectivity index (χ4n) is 2.14. The molecule has 0 bridgehead atoms. The van der Waals surface area contributed by atoms with Crippen molar-refractivity contribution < 1.29 is 28.7 Å². The quantitative estimate of drug-likeness (QED) is 0.643. The zero-order chi connectivity index (χ0) is 15.0. The van der Waals surface area contributed by atoms with E-state index in [-0.39, 0.29) is 5.56 Å². The highest BCUT2D eigenvalue weighted by atomic mass is 31.2. The molecule has 2 rings (SSSR count). The molecule has 4 N–H and O–H groups in total. The Morgan fingerprint density at radius 2 is 1.40 bits per heavy atom. The van der Waals surface area contributed by atoms with E-state index in [9.17, 15) is 18.9 Å². The normalized spacial score (nSPS) is 12.8. The van der Waals surface area contributed by atoms with E-state index in [0.717, 1.165) is 5.39 Å². The Bertz CT molecular complexity index is 730. The highest BCUT2D eigenvalue weighted by Crippen LogP contribution is 2.46. The number of rotatable bonds is 4. The van der Waals surface area contributed by atoms with Gasteiger partial charge in [0.2, 0.25) is 0 Å². The molecule has 0 aliphatic rings. The summed E-state index contributed by atoms with van der Waals surface area (Å²) in [6, 6.07) is 10.2. The number of benzene rings is 2. The van der Waals surface area contributed by atoms with Gasteiger partial charge >= 0.3 is 15.2 Å². The SMILES string of the molecule is O=P(O)(O)Cc1ccc2ccccc2c1CP(=O)(O)O. The van der Waals surface area contributed by atoms with E-state index < -0.39 is 27.5 Å². The highest BCUT2D eigenvalue weighted by molar-refractivity contribution is 7.51. The second kappa shape index (κ2) is 5.41. The highest BCUT2D eigenvalue weighted by Gasteiger charge is 2.23. The second-order valence-corrected chi connectivity index (χ2v) is 7.86. The van der Waals surface area contributed by atoms with Gasteiger partial charge in [-0.1, -0.05) is 36.4 Å². The molecule has 6 nitrogen and oxygen atoms in total. The van der Waals surface area contributed by atoms with Gasteiger partial charge in [-0.05, 0) is 21.9 Å². The van der Waals surface area contributed by atoms with Crippen LogP contribution in [0, 0.1) is 0 Å². The lowest BCUT2D eigenvalue weighted by Crippen LogP contribution is -1.98. The minimum atomic E-state index is -4.34. The first-order valence-electron chi connectivity index (χ1n) is 5.74. The van der Waals surface area contributed by atoms with Crippen molar-refractivity contribution in [3.8, 4) is 0 Å². The van der Waals surface area contributed by atoms with Gasteiger partial charge < -0.3 is 19.6 Å². The predicted octanol–water partition coefficient (Wildman–Crippen LogP) is 2.20. The zero-order valence-corrected chi connectivity index (χ0v) is 12.2. The van der Waals surface area contributed by atoms with Gasteiger partial charge in [0.25, 0.3) is 0 Å². The van der Waals surface area contributed by atoms with Crippen LogP contribution in [0.5, 0.6) is 0 Å². The molecule has 0 amide bonds. The Kier molecular flexibility index (Phi) is 4.17. The van der Waals surface area contributed by atoms with Crippen molar-refractivity contribution in [3.05, 3.63) is 47.5 Å². The summed E-state index contributed by atoms with van der Waals surface area (Å²) in [6.45, 7) is 0. The largest absolute Gasteiger partial charge is 0.329 e. The topological polar surface area (TPSA) is 115 Å². The summed E-state index contributed by atoms with van der Waals surface area (Å²) in [7, 11) is -8.65. The molecule has 2 aromatic rings. The maximum absolute atomic E-state index is 11.3. The van der Waals surface area contributed by atoms with Crippen LogP contribution in [0.15, 0.2) is 36.4 Å². The third kappa shape index (κ3) is 4.00. The third-order valence-corrected chi connectivity index (χ3v) is 4.36. The van der Waals surface area contributed by atoms with E-state index in [1.807, 2.05) is 0 Å². The summed E-state index contributed by atoms with van der Waals surface area (Å²) in [6.07, 6.45) is -1.07. The van der Waals surface area contributed by atoms with Gasteiger partial charge in [0, 0.05) is 0 Å². The predicted molar refractivity (Wildman–Crippen MR) is 75.4 cm³/mol. The standard InChI is InChI=1S/C12H14O6P2/c13-19(14,15)7-10-6-5-9-3-1-2-4-11(9)12(10)8-20(16,17)18/h1-6H,7-8H2,(H2,13,14,15)(H2,16,17,18). The van der Waals surface area contributed by atoms with E-state index in [0.29, 0.717) is 10.9 Å². The molecule has 0 spiro atoms. The fourth-order valence-corrected chi connectivity index (χ4v) is 3.67. The molecule has 2 aromatic carbocycles. The lowest BCUT2D eigenvalue weighted by atomic mass is 10.0. The van der Waals surface area contributed by atoms with Crippen LogP contribution in [0.1, 0.15) is 11.1 Å². The molecule has 0 saturated heterocycles. The van der Waals surface area contributed by atoms with Crippen LogP contribution in [0.3, 0.4) is 0 Å². The van der Waals surface area contributed by atoms with Crippen LogP contribution in [-0.4, -0.2) is 19.6 Å². The molecule has 0 fully saturated rings. The number of fused-ring (bicyclic) bond motifs is 1. The summed E-state index contributed by atoms with van der Waals surface area (Å²) in [5.41, 5.74) is 0.556. The van der Waals surface area contributed by atoms with Crippen LogP contribution < -0.4 is 0 Å². The van der Waals surface area contributed by atoms with Crippen LogP contribution in [0.25, 0.3) is 10.8 Å². The Morgan fingerprint density at radius 1 is 0.800 bits per heavy atom. The van der Waals surface area contributed by atoms with Crippen molar-refractivity contribution in [1.29, 1.82) is 0 Å². The van der Waals surface area contributed by atoms with Crippen molar-refractivity contribution >= 4 is 26.0 Å². The fraction of sp³-hybridized carbons (Fsp3) is 0.167. The minimum Gasteiger partial charge on any atom is -0.324 e. The van der Waals surface area contributed by atoms with E-state index in [1.54, 1.807) is 30.3 Å². The van der Waals surface area contributed by atoms with Crippen LogP contribution >= 0.6 is 15.2 Å². The molecule has 0 aliphatic heterocycles. The number of hydrogen-bond acceptors (Lipinski definition) is 2. The van der Waals surface area contributed by atoms with Gasteiger partial charge in [-0.2, -0.15) is 0 Å². The lowest BCUT2D eigenvalue weighted by Gasteiger charge is -2.14. The first-order valence-corrected chi connectivity index (χ1v) is 9.34. The molecule has 0 atom stereocenters. The van der Waals surface area contributed by atoms with Gasteiger partial charge in [0.15, 0.2) is 0 Å². The smallest absolute Gasteiger partial charge is 0.324 e. The van der Waals surface area contributed by atoms with E-state index in [4.69, 9.17) is 9.79 Å². The zero-order valence-electron chi connectivity index (χ0n) is 10.4. The minimum absolute atomic E-state index is 0.264. The molecule has 0 saturated carbocycles. The molecule has 8 heteroatoms. The van der Waals surface area contributed by atoms with Gasteiger partial charge in [-0.25, -0.2) is 0 Å². The van der Waals surface area contributed by atoms with Crippen molar-refractivity contribution in [1.82, 2.24) is 0 Å². The maximum atomic E-state index is 11.3. The monoisotopic (exact) mass is 316 g/mol. The van der Waals surface area contributed by atoms with Crippen LogP contribution in [0.2, 0.25) is 0 Å². The summed E-state index contributed by atoms with van der Waals surface area (Å²) in [5.74, 6) is 0. The summed E-state index contributed by atoms with van der Waals surface area (Å²) < 4.78 is 22.4. The van der Waals surface area contributed by atoms with E-state index >= 15 is 0 Å². The average molecular weight is 316 g/mol. The molecule has 0 unspecified atom stereocenters. The second-order valence-electron chi connectivity index (χ2n) is 4.57. The first kappa shape index (κ1) is 15.4. The van der Waals surface area contributed by atoms with Crippen molar-refractivity contribution in [3.63, 3.8) is 0 Å². The summed E-state index contributed by atoms with van der Waals surface area (Å²) in [5, 5.41) is 1.37. The average Bonchev–Trinajstić information content (AvgIpc) is 2.29. The van der Waals surface area contributed by atoms with E-state index in [2.05, 4.69) is 0 Å².